The van der Waals surface area contributed by atoms with E-state index in [9.17, 15) is 4.79 Å². The predicted molar refractivity (Wildman–Crippen MR) is 82.4 cm³/mol. The molecule has 0 bridgehead atoms. The molecule has 22 heavy (non-hydrogen) atoms. The number of aromatic nitrogens is 2. The van der Waals surface area contributed by atoms with Crippen molar-refractivity contribution in [3.05, 3.63) is 77.8 Å². The summed E-state index contributed by atoms with van der Waals surface area (Å²) < 4.78 is 7.17. The van der Waals surface area contributed by atoms with Crippen LogP contribution in [0.2, 0.25) is 0 Å². The molecule has 0 spiro atoms. The van der Waals surface area contributed by atoms with Crippen LogP contribution in [-0.2, 0) is 7.05 Å². The number of carbonyl (C=O) groups is 1. The summed E-state index contributed by atoms with van der Waals surface area (Å²) in [7, 11) is 1.91. The molecule has 5 nitrogen and oxygen atoms in total. The van der Waals surface area contributed by atoms with Crippen molar-refractivity contribution < 1.29 is 9.21 Å². The van der Waals surface area contributed by atoms with Gasteiger partial charge in [-0.15, -0.1) is 0 Å². The highest BCUT2D eigenvalue weighted by Gasteiger charge is 2.23. The highest BCUT2D eigenvalue weighted by Crippen LogP contribution is 2.21. The van der Waals surface area contributed by atoms with E-state index in [1.807, 2.05) is 55.1 Å². The number of amides is 1. The summed E-state index contributed by atoms with van der Waals surface area (Å²) >= 11 is 0. The minimum absolute atomic E-state index is 0.251. The molecule has 0 aliphatic heterocycles. The zero-order valence-corrected chi connectivity index (χ0v) is 12.5. The monoisotopic (exact) mass is 295 g/mol. The third-order valence-electron chi connectivity index (χ3n) is 3.59. The van der Waals surface area contributed by atoms with Gasteiger partial charge in [-0.1, -0.05) is 30.3 Å². The molecule has 0 aliphatic rings. The van der Waals surface area contributed by atoms with E-state index >= 15 is 0 Å². The van der Waals surface area contributed by atoms with Crippen LogP contribution in [0, 0.1) is 6.92 Å². The van der Waals surface area contributed by atoms with Gasteiger partial charge in [0.25, 0.3) is 5.91 Å². The number of furan rings is 1. The standard InChI is InChI=1S/C17H17N3O2/c1-12-8-11-22-15(12)17(21)19-14(13-6-4-3-5-7-13)16-18-9-10-20(16)2/h3-11,14H,1-2H3,(H,19,21)/t14-/m0/s1. The average molecular weight is 295 g/mol. The Balaban J connectivity index is 1.95. The first-order chi connectivity index (χ1) is 10.7. The Morgan fingerprint density at radius 3 is 2.64 bits per heavy atom. The summed E-state index contributed by atoms with van der Waals surface area (Å²) in [6, 6.07) is 11.2. The van der Waals surface area contributed by atoms with E-state index in [1.54, 1.807) is 12.3 Å². The van der Waals surface area contributed by atoms with Gasteiger partial charge in [0.1, 0.15) is 11.9 Å². The van der Waals surface area contributed by atoms with Crippen LogP contribution in [0.15, 0.2) is 59.5 Å². The second-order valence-corrected chi connectivity index (χ2v) is 5.15. The number of benzene rings is 1. The smallest absolute Gasteiger partial charge is 0.288 e. The maximum Gasteiger partial charge on any atom is 0.288 e. The quantitative estimate of drug-likeness (QED) is 0.805. The summed E-state index contributed by atoms with van der Waals surface area (Å²) in [5.74, 6) is 0.846. The third-order valence-corrected chi connectivity index (χ3v) is 3.59. The highest BCUT2D eigenvalue weighted by molar-refractivity contribution is 5.93. The molecular formula is C17H17N3O2. The van der Waals surface area contributed by atoms with E-state index in [2.05, 4.69) is 10.3 Å². The first-order valence-electron chi connectivity index (χ1n) is 7.04. The molecule has 0 saturated carbocycles. The lowest BCUT2D eigenvalue weighted by molar-refractivity contribution is 0.0912. The number of nitrogens with one attached hydrogen (secondary N) is 1. The van der Waals surface area contributed by atoms with Gasteiger partial charge in [-0.25, -0.2) is 4.98 Å². The Bertz CT molecular complexity index is 774. The third kappa shape index (κ3) is 2.65. The van der Waals surface area contributed by atoms with Gasteiger partial charge in [0, 0.05) is 25.0 Å². The van der Waals surface area contributed by atoms with Gasteiger partial charge in [0.2, 0.25) is 0 Å². The fourth-order valence-electron chi connectivity index (χ4n) is 2.40. The lowest BCUT2D eigenvalue weighted by Crippen LogP contribution is -2.31. The fraction of sp³-hybridized carbons (Fsp3) is 0.176. The normalized spacial score (nSPS) is 12.1. The van der Waals surface area contributed by atoms with Crippen molar-refractivity contribution >= 4 is 5.91 Å². The van der Waals surface area contributed by atoms with Crippen molar-refractivity contribution in [2.24, 2.45) is 7.05 Å². The molecule has 0 saturated heterocycles. The molecule has 0 radical (unpaired) electrons. The summed E-state index contributed by atoms with van der Waals surface area (Å²) in [6.07, 6.45) is 5.09. The lowest BCUT2D eigenvalue weighted by atomic mass is 10.1. The minimum atomic E-state index is -0.335. The average Bonchev–Trinajstić information content (AvgIpc) is 3.14. The van der Waals surface area contributed by atoms with E-state index in [1.165, 1.54) is 6.26 Å². The van der Waals surface area contributed by atoms with E-state index in [4.69, 9.17) is 4.42 Å². The number of nitrogens with zero attached hydrogens (tertiary/aromatic N) is 2. The van der Waals surface area contributed by atoms with Crippen LogP contribution in [0.1, 0.15) is 33.5 Å². The van der Waals surface area contributed by atoms with Crippen LogP contribution in [0.3, 0.4) is 0 Å². The van der Waals surface area contributed by atoms with Gasteiger partial charge >= 0.3 is 0 Å². The molecule has 1 amide bonds. The maximum atomic E-state index is 12.5. The first-order valence-corrected chi connectivity index (χ1v) is 7.04. The molecule has 3 rings (SSSR count). The molecule has 1 atom stereocenters. The Morgan fingerprint density at radius 2 is 2.05 bits per heavy atom. The highest BCUT2D eigenvalue weighted by atomic mass is 16.3. The van der Waals surface area contributed by atoms with Crippen molar-refractivity contribution in [1.82, 2.24) is 14.9 Å². The SMILES string of the molecule is Cc1ccoc1C(=O)N[C@@H](c1ccccc1)c1nccn1C. The van der Waals surface area contributed by atoms with Gasteiger partial charge < -0.3 is 14.3 Å². The second-order valence-electron chi connectivity index (χ2n) is 5.15. The maximum absolute atomic E-state index is 12.5. The van der Waals surface area contributed by atoms with Crippen LogP contribution < -0.4 is 5.32 Å². The molecule has 0 aliphatic carbocycles. The van der Waals surface area contributed by atoms with E-state index in [0.717, 1.165) is 17.0 Å². The van der Waals surface area contributed by atoms with Gasteiger partial charge in [0.15, 0.2) is 5.76 Å². The van der Waals surface area contributed by atoms with E-state index in [-0.39, 0.29) is 11.9 Å². The lowest BCUT2D eigenvalue weighted by Gasteiger charge is -2.18. The zero-order valence-electron chi connectivity index (χ0n) is 12.5. The van der Waals surface area contributed by atoms with Crippen LogP contribution in [0.5, 0.6) is 0 Å². The van der Waals surface area contributed by atoms with Crippen LogP contribution in [0.25, 0.3) is 0 Å². The number of carbonyl (C=O) groups excluding carboxylic acids is 1. The van der Waals surface area contributed by atoms with Crippen molar-refractivity contribution in [3.63, 3.8) is 0 Å². The zero-order chi connectivity index (χ0) is 15.5. The van der Waals surface area contributed by atoms with Crippen molar-refractivity contribution in [1.29, 1.82) is 0 Å². The molecule has 2 aromatic heterocycles. The Hall–Kier alpha value is -2.82. The van der Waals surface area contributed by atoms with E-state index in [0.29, 0.717) is 5.76 Å². The Kier molecular flexibility index (Phi) is 3.78. The molecule has 112 valence electrons. The molecule has 2 heterocycles. The Labute approximate surface area is 128 Å². The molecular weight excluding hydrogens is 278 g/mol. The van der Waals surface area contributed by atoms with Gasteiger partial charge in [-0.3, -0.25) is 4.79 Å². The van der Waals surface area contributed by atoms with E-state index < -0.39 is 0 Å². The van der Waals surface area contributed by atoms with Crippen LogP contribution >= 0.6 is 0 Å². The summed E-state index contributed by atoms with van der Waals surface area (Å²) in [5.41, 5.74) is 1.78. The predicted octanol–water partition coefficient (Wildman–Crippen LogP) is 2.84. The summed E-state index contributed by atoms with van der Waals surface area (Å²) in [4.78, 5) is 16.8. The van der Waals surface area contributed by atoms with Crippen LogP contribution in [0.4, 0.5) is 0 Å². The van der Waals surface area contributed by atoms with Crippen molar-refractivity contribution in [2.75, 3.05) is 0 Å². The molecule has 5 heteroatoms. The molecule has 0 unspecified atom stereocenters. The number of aryl methyl sites for hydroxylation is 2. The largest absolute Gasteiger partial charge is 0.459 e. The molecule has 0 fully saturated rings. The minimum Gasteiger partial charge on any atom is -0.459 e. The topological polar surface area (TPSA) is 60.1 Å². The summed E-state index contributed by atoms with van der Waals surface area (Å²) in [6.45, 7) is 1.84. The fourth-order valence-corrected chi connectivity index (χ4v) is 2.40. The van der Waals surface area contributed by atoms with Crippen molar-refractivity contribution in [3.8, 4) is 0 Å². The molecule has 1 N–H and O–H groups in total. The number of hydrogen-bond donors (Lipinski definition) is 1. The van der Waals surface area contributed by atoms with Crippen LogP contribution in [-0.4, -0.2) is 15.5 Å². The second kappa shape index (κ2) is 5.89. The first kappa shape index (κ1) is 14.1. The van der Waals surface area contributed by atoms with Gasteiger partial charge in [0.05, 0.1) is 6.26 Å². The van der Waals surface area contributed by atoms with Crippen molar-refractivity contribution in [2.45, 2.75) is 13.0 Å². The van der Waals surface area contributed by atoms with Gasteiger partial charge in [-0.2, -0.15) is 0 Å². The number of hydrogen-bond acceptors (Lipinski definition) is 3. The number of imidazole rings is 1. The van der Waals surface area contributed by atoms with Gasteiger partial charge in [-0.05, 0) is 18.6 Å². The number of rotatable bonds is 4. The Morgan fingerprint density at radius 1 is 1.27 bits per heavy atom. The molecule has 1 aromatic carbocycles. The molecule has 3 aromatic rings. The summed E-state index contributed by atoms with van der Waals surface area (Å²) in [5, 5.41) is 3.00.